The normalized spacial score (nSPS) is 36.2. The Bertz CT molecular complexity index is 229. The van der Waals surface area contributed by atoms with Gasteiger partial charge in [0.15, 0.2) is 0 Å². The zero-order valence-electron chi connectivity index (χ0n) is 12.5. The summed E-state index contributed by atoms with van der Waals surface area (Å²) in [4.78, 5) is 2.68. The Morgan fingerprint density at radius 2 is 2.00 bits per heavy atom. The van der Waals surface area contributed by atoms with E-state index in [1.165, 1.54) is 25.7 Å². The third-order valence-corrected chi connectivity index (χ3v) is 5.13. The van der Waals surface area contributed by atoms with Gasteiger partial charge in [0, 0.05) is 18.1 Å². The van der Waals surface area contributed by atoms with Crippen molar-refractivity contribution < 1.29 is 0 Å². The van der Waals surface area contributed by atoms with E-state index in [2.05, 4.69) is 39.5 Å². The molecule has 4 unspecified atom stereocenters. The summed E-state index contributed by atoms with van der Waals surface area (Å²) >= 11 is 0. The minimum Gasteiger partial charge on any atom is -0.329 e. The lowest BCUT2D eigenvalue weighted by atomic mass is 9.68. The first-order valence-electron chi connectivity index (χ1n) is 7.48. The van der Waals surface area contributed by atoms with Crippen LogP contribution in [0, 0.1) is 11.8 Å². The van der Waals surface area contributed by atoms with Gasteiger partial charge in [0.05, 0.1) is 0 Å². The topological polar surface area (TPSA) is 29.3 Å². The van der Waals surface area contributed by atoms with E-state index in [0.717, 1.165) is 24.9 Å². The summed E-state index contributed by atoms with van der Waals surface area (Å²) in [7, 11) is 0. The Balaban J connectivity index is 2.92. The number of rotatable bonds is 5. The second kappa shape index (κ2) is 6.19. The van der Waals surface area contributed by atoms with Gasteiger partial charge in [0.25, 0.3) is 0 Å². The van der Waals surface area contributed by atoms with E-state index in [0.29, 0.717) is 6.04 Å². The smallest absolute Gasteiger partial charge is 0.0360 e. The molecule has 0 amide bonds. The van der Waals surface area contributed by atoms with Crippen LogP contribution in [0.1, 0.15) is 60.3 Å². The molecule has 0 aromatic heterocycles. The summed E-state index contributed by atoms with van der Waals surface area (Å²) in [5.74, 6) is 1.60. The molecular weight excluding hydrogens is 208 g/mol. The molecule has 2 heteroatoms. The summed E-state index contributed by atoms with van der Waals surface area (Å²) in [5, 5.41) is 0. The van der Waals surface area contributed by atoms with Gasteiger partial charge in [0.2, 0.25) is 0 Å². The SMILES string of the molecule is CCC(C)N(CC)C1(CN)CCC(C)CC1C. The van der Waals surface area contributed by atoms with Crippen molar-refractivity contribution in [3.8, 4) is 0 Å². The van der Waals surface area contributed by atoms with E-state index in [1.807, 2.05) is 0 Å². The molecule has 0 radical (unpaired) electrons. The zero-order chi connectivity index (χ0) is 13.1. The summed E-state index contributed by atoms with van der Waals surface area (Å²) in [6.45, 7) is 13.7. The van der Waals surface area contributed by atoms with Crippen molar-refractivity contribution in [2.45, 2.75) is 71.9 Å². The fourth-order valence-corrected chi connectivity index (χ4v) is 3.82. The van der Waals surface area contributed by atoms with Crippen LogP contribution in [0.25, 0.3) is 0 Å². The third-order valence-electron chi connectivity index (χ3n) is 5.13. The molecule has 1 fully saturated rings. The molecule has 0 aliphatic heterocycles. The first kappa shape index (κ1) is 15.0. The molecule has 0 aromatic carbocycles. The molecule has 1 aliphatic carbocycles. The lowest BCUT2D eigenvalue weighted by Crippen LogP contribution is -2.62. The molecule has 1 rings (SSSR count). The Kier molecular flexibility index (Phi) is 5.46. The molecule has 102 valence electrons. The van der Waals surface area contributed by atoms with Gasteiger partial charge < -0.3 is 5.73 Å². The highest BCUT2D eigenvalue weighted by Gasteiger charge is 2.44. The van der Waals surface area contributed by atoms with Crippen molar-refractivity contribution >= 4 is 0 Å². The molecule has 0 spiro atoms. The molecule has 0 heterocycles. The van der Waals surface area contributed by atoms with Crippen LogP contribution in [-0.2, 0) is 0 Å². The minimum atomic E-state index is 0.261. The third kappa shape index (κ3) is 2.85. The number of hydrogen-bond donors (Lipinski definition) is 1. The van der Waals surface area contributed by atoms with Crippen molar-refractivity contribution in [2.75, 3.05) is 13.1 Å². The van der Waals surface area contributed by atoms with Crippen LogP contribution in [0.5, 0.6) is 0 Å². The van der Waals surface area contributed by atoms with Gasteiger partial charge in [-0.05, 0) is 51.0 Å². The second-order valence-electron chi connectivity index (χ2n) is 6.13. The average Bonchev–Trinajstić information content (AvgIpc) is 2.32. The first-order chi connectivity index (χ1) is 8.01. The van der Waals surface area contributed by atoms with Crippen LogP contribution in [0.4, 0.5) is 0 Å². The monoisotopic (exact) mass is 240 g/mol. The van der Waals surface area contributed by atoms with Crippen molar-refractivity contribution in [1.82, 2.24) is 4.90 Å². The Hall–Kier alpha value is -0.0800. The first-order valence-corrected chi connectivity index (χ1v) is 7.48. The van der Waals surface area contributed by atoms with E-state index in [-0.39, 0.29) is 5.54 Å². The Labute approximate surface area is 108 Å². The second-order valence-corrected chi connectivity index (χ2v) is 6.13. The average molecular weight is 240 g/mol. The minimum absolute atomic E-state index is 0.261. The van der Waals surface area contributed by atoms with Crippen LogP contribution in [-0.4, -0.2) is 29.6 Å². The van der Waals surface area contributed by atoms with Crippen LogP contribution in [0.2, 0.25) is 0 Å². The van der Waals surface area contributed by atoms with E-state index >= 15 is 0 Å². The maximum Gasteiger partial charge on any atom is 0.0360 e. The summed E-state index contributed by atoms with van der Waals surface area (Å²) in [5.41, 5.74) is 6.46. The van der Waals surface area contributed by atoms with Gasteiger partial charge in [-0.25, -0.2) is 0 Å². The van der Waals surface area contributed by atoms with Crippen molar-refractivity contribution in [1.29, 1.82) is 0 Å². The molecular formula is C15H32N2. The lowest BCUT2D eigenvalue weighted by molar-refractivity contribution is -0.0223. The predicted molar refractivity (Wildman–Crippen MR) is 76.1 cm³/mol. The molecule has 2 nitrogen and oxygen atoms in total. The molecule has 2 N–H and O–H groups in total. The Morgan fingerprint density at radius 1 is 1.35 bits per heavy atom. The van der Waals surface area contributed by atoms with Gasteiger partial charge in [-0.2, -0.15) is 0 Å². The summed E-state index contributed by atoms with van der Waals surface area (Å²) in [6, 6.07) is 0.652. The highest BCUT2D eigenvalue weighted by atomic mass is 15.2. The summed E-state index contributed by atoms with van der Waals surface area (Å²) in [6.07, 6.45) is 5.18. The molecule has 1 saturated carbocycles. The Morgan fingerprint density at radius 3 is 2.41 bits per heavy atom. The van der Waals surface area contributed by atoms with E-state index in [1.54, 1.807) is 0 Å². The zero-order valence-corrected chi connectivity index (χ0v) is 12.5. The van der Waals surface area contributed by atoms with E-state index in [9.17, 15) is 0 Å². The maximum absolute atomic E-state index is 6.20. The maximum atomic E-state index is 6.20. The van der Waals surface area contributed by atoms with Crippen LogP contribution >= 0.6 is 0 Å². The summed E-state index contributed by atoms with van der Waals surface area (Å²) < 4.78 is 0. The van der Waals surface area contributed by atoms with E-state index in [4.69, 9.17) is 5.73 Å². The molecule has 0 aromatic rings. The highest BCUT2D eigenvalue weighted by Crippen LogP contribution is 2.41. The lowest BCUT2D eigenvalue weighted by Gasteiger charge is -2.53. The van der Waals surface area contributed by atoms with Crippen LogP contribution in [0.3, 0.4) is 0 Å². The number of likely N-dealkylation sites (N-methyl/N-ethyl adjacent to an activating group) is 1. The van der Waals surface area contributed by atoms with Crippen LogP contribution in [0.15, 0.2) is 0 Å². The van der Waals surface area contributed by atoms with Gasteiger partial charge in [-0.15, -0.1) is 0 Å². The van der Waals surface area contributed by atoms with Gasteiger partial charge in [0.1, 0.15) is 0 Å². The van der Waals surface area contributed by atoms with Gasteiger partial charge in [-0.3, -0.25) is 4.90 Å². The predicted octanol–water partition coefficient (Wildman–Crippen LogP) is 3.26. The number of nitrogens with two attached hydrogens (primary N) is 1. The molecule has 0 saturated heterocycles. The highest BCUT2D eigenvalue weighted by molar-refractivity contribution is 5.00. The van der Waals surface area contributed by atoms with E-state index < -0.39 is 0 Å². The quantitative estimate of drug-likeness (QED) is 0.799. The fourth-order valence-electron chi connectivity index (χ4n) is 3.82. The molecule has 0 bridgehead atoms. The van der Waals surface area contributed by atoms with Crippen molar-refractivity contribution in [3.63, 3.8) is 0 Å². The van der Waals surface area contributed by atoms with Crippen LogP contribution < -0.4 is 5.73 Å². The molecule has 4 atom stereocenters. The largest absolute Gasteiger partial charge is 0.329 e. The fraction of sp³-hybridized carbons (Fsp3) is 1.00. The number of hydrogen-bond acceptors (Lipinski definition) is 2. The van der Waals surface area contributed by atoms with Crippen molar-refractivity contribution in [2.24, 2.45) is 17.6 Å². The molecule has 17 heavy (non-hydrogen) atoms. The van der Waals surface area contributed by atoms with Crippen molar-refractivity contribution in [3.05, 3.63) is 0 Å². The number of nitrogens with zero attached hydrogens (tertiary/aromatic N) is 1. The van der Waals surface area contributed by atoms with Gasteiger partial charge >= 0.3 is 0 Å². The van der Waals surface area contributed by atoms with Gasteiger partial charge in [-0.1, -0.05) is 27.7 Å². The standard InChI is InChI=1S/C15H32N2/c1-6-14(5)17(7-2)15(11-16)9-8-12(3)10-13(15)4/h12-14H,6-11,16H2,1-5H3. The molecule has 1 aliphatic rings.